The molecule has 1 atom stereocenters. The number of aliphatic carboxylic acids is 1. The summed E-state index contributed by atoms with van der Waals surface area (Å²) in [6.45, 7) is 1.52. The summed E-state index contributed by atoms with van der Waals surface area (Å²) in [4.78, 5) is 10.7. The first kappa shape index (κ1) is 9.71. The molecule has 13 heavy (non-hydrogen) atoms. The van der Waals surface area contributed by atoms with Crippen molar-refractivity contribution >= 4 is 5.97 Å². The van der Waals surface area contributed by atoms with E-state index in [4.69, 9.17) is 5.11 Å². The molecule has 0 bridgehead atoms. The van der Waals surface area contributed by atoms with Gasteiger partial charge in [0.05, 0.1) is 0 Å². The molecule has 0 spiro atoms. The molecule has 1 aromatic rings. The van der Waals surface area contributed by atoms with Crippen molar-refractivity contribution in [2.45, 2.75) is 19.0 Å². The van der Waals surface area contributed by atoms with Crippen molar-refractivity contribution in [1.29, 1.82) is 0 Å². The zero-order chi connectivity index (χ0) is 9.90. The van der Waals surface area contributed by atoms with Gasteiger partial charge in [-0.05, 0) is 6.42 Å². The Balaban J connectivity index is 3.11. The molecule has 0 heterocycles. The third kappa shape index (κ3) is 1.69. The number of carboxylic acids is 1. The Kier molecular flexibility index (Phi) is 2.66. The molecule has 0 unspecified atom stereocenters. The first-order valence-electron chi connectivity index (χ1n) is 4.09. The Morgan fingerprint density at radius 3 is 2.38 bits per heavy atom. The molecule has 1 aromatic carbocycles. The molecule has 0 amide bonds. The Morgan fingerprint density at radius 2 is 2.00 bits per heavy atom. The third-order valence-corrected chi connectivity index (χ3v) is 2.06. The van der Waals surface area contributed by atoms with Gasteiger partial charge in [-0.2, -0.15) is 0 Å². The lowest BCUT2D eigenvalue weighted by atomic mass is 9.93. The van der Waals surface area contributed by atoms with Crippen molar-refractivity contribution in [3.8, 4) is 0 Å². The van der Waals surface area contributed by atoms with Gasteiger partial charge in [-0.15, -0.1) is 0 Å². The number of rotatable bonds is 3. The molecule has 2 nitrogen and oxygen atoms in total. The highest BCUT2D eigenvalue weighted by Crippen LogP contribution is 2.29. The van der Waals surface area contributed by atoms with E-state index in [2.05, 4.69) is 0 Å². The zero-order valence-corrected chi connectivity index (χ0v) is 7.33. The highest BCUT2D eigenvalue weighted by molar-refractivity contribution is 5.79. The summed E-state index contributed by atoms with van der Waals surface area (Å²) in [7, 11) is 0. The van der Waals surface area contributed by atoms with Gasteiger partial charge in [0.1, 0.15) is 0 Å². The molecule has 0 aromatic heterocycles. The van der Waals surface area contributed by atoms with Crippen LogP contribution in [-0.4, -0.2) is 11.1 Å². The molecule has 3 heteroatoms. The summed E-state index contributed by atoms with van der Waals surface area (Å²) in [5.41, 5.74) is -2.05. The van der Waals surface area contributed by atoms with E-state index in [-0.39, 0.29) is 12.0 Å². The molecule has 1 N–H and O–H groups in total. The molecule has 0 aliphatic carbocycles. The minimum atomic E-state index is -2.25. The fourth-order valence-electron chi connectivity index (χ4n) is 1.18. The number of hydrogen-bond acceptors (Lipinski definition) is 1. The van der Waals surface area contributed by atoms with Crippen LogP contribution in [-0.2, 0) is 10.5 Å². The smallest absolute Gasteiger partial charge is 0.346 e. The fraction of sp³-hybridized carbons (Fsp3) is 0.300. The maximum Gasteiger partial charge on any atom is 0.346 e. The third-order valence-electron chi connectivity index (χ3n) is 2.06. The molecular weight excluding hydrogens is 171 g/mol. The number of halogens is 1. The van der Waals surface area contributed by atoms with Gasteiger partial charge in [-0.3, -0.25) is 0 Å². The Morgan fingerprint density at radius 1 is 1.46 bits per heavy atom. The summed E-state index contributed by atoms with van der Waals surface area (Å²) in [5, 5.41) is 8.71. The highest BCUT2D eigenvalue weighted by atomic mass is 19.1. The average molecular weight is 182 g/mol. The van der Waals surface area contributed by atoms with E-state index in [9.17, 15) is 9.18 Å². The van der Waals surface area contributed by atoms with E-state index < -0.39 is 11.6 Å². The topological polar surface area (TPSA) is 37.3 Å². The highest BCUT2D eigenvalue weighted by Gasteiger charge is 2.38. The summed E-state index contributed by atoms with van der Waals surface area (Å²) in [6, 6.07) is 7.95. The van der Waals surface area contributed by atoms with Crippen molar-refractivity contribution in [2.24, 2.45) is 0 Å². The number of carbonyl (C=O) groups is 1. The molecule has 0 saturated heterocycles. The quantitative estimate of drug-likeness (QED) is 0.779. The minimum Gasteiger partial charge on any atom is -0.479 e. The van der Waals surface area contributed by atoms with Crippen molar-refractivity contribution in [2.75, 3.05) is 0 Å². The van der Waals surface area contributed by atoms with Crippen LogP contribution >= 0.6 is 0 Å². The second-order valence-electron chi connectivity index (χ2n) is 2.83. The number of hydrogen-bond donors (Lipinski definition) is 1. The van der Waals surface area contributed by atoms with Crippen molar-refractivity contribution in [1.82, 2.24) is 0 Å². The average Bonchev–Trinajstić information content (AvgIpc) is 2.17. The van der Waals surface area contributed by atoms with Crippen LogP contribution in [0.5, 0.6) is 0 Å². The molecule has 1 rings (SSSR count). The second-order valence-corrected chi connectivity index (χ2v) is 2.83. The van der Waals surface area contributed by atoms with E-state index in [1.807, 2.05) is 0 Å². The fourth-order valence-corrected chi connectivity index (χ4v) is 1.18. The number of alkyl halides is 1. The first-order valence-corrected chi connectivity index (χ1v) is 4.09. The van der Waals surface area contributed by atoms with Gasteiger partial charge in [0, 0.05) is 5.56 Å². The lowest BCUT2D eigenvalue weighted by molar-refractivity contribution is -0.151. The van der Waals surface area contributed by atoms with Crippen LogP contribution in [0.2, 0.25) is 0 Å². The van der Waals surface area contributed by atoms with E-state index in [0.29, 0.717) is 0 Å². The Bertz CT molecular complexity index is 297. The van der Waals surface area contributed by atoms with Gasteiger partial charge in [-0.1, -0.05) is 37.3 Å². The lowest BCUT2D eigenvalue weighted by Gasteiger charge is -2.18. The van der Waals surface area contributed by atoms with E-state index in [1.165, 1.54) is 19.1 Å². The van der Waals surface area contributed by atoms with Gasteiger partial charge in [-0.25, -0.2) is 9.18 Å². The van der Waals surface area contributed by atoms with Crippen LogP contribution in [0.1, 0.15) is 18.9 Å². The van der Waals surface area contributed by atoms with Crippen LogP contribution in [0, 0.1) is 0 Å². The van der Waals surface area contributed by atoms with Crippen LogP contribution in [0.3, 0.4) is 0 Å². The summed E-state index contributed by atoms with van der Waals surface area (Å²) >= 11 is 0. The lowest BCUT2D eigenvalue weighted by Crippen LogP contribution is -2.29. The minimum absolute atomic E-state index is 0.0631. The van der Waals surface area contributed by atoms with E-state index in [1.54, 1.807) is 18.2 Å². The summed E-state index contributed by atoms with van der Waals surface area (Å²) in [6.07, 6.45) is -0.0631. The molecular formula is C10H11FO2. The van der Waals surface area contributed by atoms with Gasteiger partial charge in [0.25, 0.3) is 0 Å². The van der Waals surface area contributed by atoms with Crippen molar-refractivity contribution in [3.63, 3.8) is 0 Å². The molecule has 0 radical (unpaired) electrons. The van der Waals surface area contributed by atoms with Crippen molar-refractivity contribution < 1.29 is 14.3 Å². The van der Waals surface area contributed by atoms with Gasteiger partial charge >= 0.3 is 5.97 Å². The summed E-state index contributed by atoms with van der Waals surface area (Å²) in [5.74, 6) is -1.43. The van der Waals surface area contributed by atoms with Gasteiger partial charge in [0.15, 0.2) is 0 Å². The monoisotopic (exact) mass is 182 g/mol. The number of benzene rings is 1. The maximum atomic E-state index is 13.8. The van der Waals surface area contributed by atoms with Crippen LogP contribution in [0.15, 0.2) is 30.3 Å². The van der Waals surface area contributed by atoms with E-state index in [0.717, 1.165) is 0 Å². The van der Waals surface area contributed by atoms with Crippen LogP contribution < -0.4 is 0 Å². The Hall–Kier alpha value is -1.38. The SMILES string of the molecule is CC[C@](F)(C(=O)O)c1ccccc1. The molecule has 0 fully saturated rings. The van der Waals surface area contributed by atoms with Gasteiger partial charge < -0.3 is 5.11 Å². The standard InChI is InChI=1S/C10H11FO2/c1-2-10(11,9(12)13)8-6-4-3-5-7-8/h3-7H,2H2,1H3,(H,12,13)/t10-/m1/s1. The summed E-state index contributed by atoms with van der Waals surface area (Å²) < 4.78 is 13.8. The van der Waals surface area contributed by atoms with Crippen molar-refractivity contribution in [3.05, 3.63) is 35.9 Å². The molecule has 70 valence electrons. The van der Waals surface area contributed by atoms with Crippen LogP contribution in [0.4, 0.5) is 4.39 Å². The Labute approximate surface area is 76.0 Å². The largest absolute Gasteiger partial charge is 0.479 e. The van der Waals surface area contributed by atoms with Gasteiger partial charge in [0.2, 0.25) is 5.67 Å². The predicted molar refractivity (Wildman–Crippen MR) is 47.2 cm³/mol. The molecule has 0 aliphatic heterocycles. The number of carboxylic acid groups (broad SMARTS) is 1. The normalized spacial score (nSPS) is 14.9. The molecule has 0 saturated carbocycles. The first-order chi connectivity index (χ1) is 6.11. The maximum absolute atomic E-state index is 13.8. The zero-order valence-electron chi connectivity index (χ0n) is 7.33. The van der Waals surface area contributed by atoms with Crippen LogP contribution in [0.25, 0.3) is 0 Å². The predicted octanol–water partition coefficient (Wildman–Crippen LogP) is 2.35. The van der Waals surface area contributed by atoms with E-state index >= 15 is 0 Å². The second kappa shape index (κ2) is 3.56. The molecule has 0 aliphatic rings.